The first kappa shape index (κ1) is 21.7. The minimum absolute atomic E-state index is 0.105. The summed E-state index contributed by atoms with van der Waals surface area (Å²) in [6.45, 7) is 4.15. The predicted octanol–water partition coefficient (Wildman–Crippen LogP) is 3.53. The first-order valence-corrected chi connectivity index (χ1v) is 10.7. The third kappa shape index (κ3) is 4.40. The Hall–Kier alpha value is -3.52. The zero-order chi connectivity index (χ0) is 22.8. The fourth-order valence-corrected chi connectivity index (χ4v) is 3.76. The fraction of sp³-hybridized carbons (Fsp3) is 0.261. The van der Waals surface area contributed by atoms with Crippen LogP contribution in [-0.2, 0) is 17.8 Å². The molecule has 2 aromatic carbocycles. The SMILES string of the molecule is CCC(=O)Nc1cc2c(cc1C)nc1c(=O)[nH]c(=O)nc-1n2CCCc1ccc(Cl)cc1. The highest BCUT2D eigenvalue weighted by Gasteiger charge is 2.19. The molecule has 0 saturated carbocycles. The monoisotopic (exact) mass is 451 g/mol. The Kier molecular flexibility index (Phi) is 6.05. The smallest absolute Gasteiger partial charge is 0.326 e. The topological polar surface area (TPSA) is 110 Å². The highest BCUT2D eigenvalue weighted by molar-refractivity contribution is 6.30. The second-order valence-corrected chi connectivity index (χ2v) is 8.03. The molecule has 2 heterocycles. The van der Waals surface area contributed by atoms with E-state index in [1.165, 1.54) is 0 Å². The number of hydrogen-bond donors (Lipinski definition) is 2. The predicted molar refractivity (Wildman–Crippen MR) is 124 cm³/mol. The number of rotatable bonds is 6. The van der Waals surface area contributed by atoms with Crippen molar-refractivity contribution in [3.63, 3.8) is 0 Å². The van der Waals surface area contributed by atoms with Crippen LogP contribution in [0, 0.1) is 6.92 Å². The van der Waals surface area contributed by atoms with Crippen LogP contribution in [0.3, 0.4) is 0 Å². The van der Waals surface area contributed by atoms with Crippen molar-refractivity contribution in [3.8, 4) is 11.5 Å². The fourth-order valence-electron chi connectivity index (χ4n) is 3.64. The molecule has 32 heavy (non-hydrogen) atoms. The van der Waals surface area contributed by atoms with Gasteiger partial charge in [0.15, 0.2) is 11.5 Å². The molecule has 9 heteroatoms. The number of benzene rings is 2. The highest BCUT2D eigenvalue weighted by atomic mass is 35.5. The quantitative estimate of drug-likeness (QED) is 0.436. The lowest BCUT2D eigenvalue weighted by molar-refractivity contribution is -0.115. The van der Waals surface area contributed by atoms with Gasteiger partial charge < -0.3 is 9.88 Å². The second kappa shape index (κ2) is 8.92. The summed E-state index contributed by atoms with van der Waals surface area (Å²) in [5.41, 5.74) is 2.68. The van der Waals surface area contributed by atoms with Crippen LogP contribution in [0.1, 0.15) is 30.9 Å². The molecule has 1 amide bonds. The standard InChI is InChI=1S/C23H22ClN5O3/c1-3-19(30)25-16-12-18-17(11-13(16)2)26-20-21(27-23(32)28-22(20)31)29(18)10-4-5-14-6-8-15(24)9-7-14/h6-9,11-12H,3-5,10H2,1-2H3,(H,25,30)(H,28,31,32). The Labute approximate surface area is 188 Å². The van der Waals surface area contributed by atoms with E-state index < -0.39 is 11.2 Å². The third-order valence-corrected chi connectivity index (χ3v) is 5.56. The van der Waals surface area contributed by atoms with E-state index in [9.17, 15) is 14.4 Å². The third-order valence-electron chi connectivity index (χ3n) is 5.31. The number of aromatic nitrogens is 4. The number of aromatic amines is 1. The number of aryl methyl sites for hydroxylation is 3. The molecule has 0 spiro atoms. The molecule has 0 atom stereocenters. The molecular formula is C23H22ClN5O3. The van der Waals surface area contributed by atoms with Gasteiger partial charge in [-0.15, -0.1) is 0 Å². The average molecular weight is 452 g/mol. The van der Waals surface area contributed by atoms with Crippen LogP contribution < -0.4 is 16.6 Å². The van der Waals surface area contributed by atoms with Crippen molar-refractivity contribution in [1.29, 1.82) is 0 Å². The lowest BCUT2D eigenvalue weighted by Gasteiger charge is -2.18. The molecule has 2 N–H and O–H groups in total. The Balaban J connectivity index is 1.82. The number of carbonyl (C=O) groups excluding carboxylic acids is 1. The molecule has 4 rings (SSSR count). The minimum Gasteiger partial charge on any atom is -0.326 e. The number of hydrogen-bond acceptors (Lipinski definition) is 5. The number of halogens is 1. The van der Waals surface area contributed by atoms with Crippen molar-refractivity contribution >= 4 is 34.2 Å². The van der Waals surface area contributed by atoms with Gasteiger partial charge in [0.05, 0.1) is 11.0 Å². The molecule has 8 nitrogen and oxygen atoms in total. The van der Waals surface area contributed by atoms with Crippen molar-refractivity contribution in [2.75, 3.05) is 5.32 Å². The summed E-state index contributed by atoms with van der Waals surface area (Å²) in [4.78, 5) is 47.0. The van der Waals surface area contributed by atoms with E-state index in [1.807, 2.05) is 47.9 Å². The van der Waals surface area contributed by atoms with Gasteiger partial charge in [0.2, 0.25) is 5.91 Å². The van der Waals surface area contributed by atoms with Gasteiger partial charge in [-0.05, 0) is 55.2 Å². The summed E-state index contributed by atoms with van der Waals surface area (Å²) < 4.78 is 1.82. The van der Waals surface area contributed by atoms with Crippen molar-refractivity contribution in [1.82, 2.24) is 19.5 Å². The van der Waals surface area contributed by atoms with Gasteiger partial charge in [-0.2, -0.15) is 4.98 Å². The van der Waals surface area contributed by atoms with Crippen molar-refractivity contribution < 1.29 is 4.79 Å². The van der Waals surface area contributed by atoms with Gasteiger partial charge in [0.1, 0.15) is 0 Å². The lowest BCUT2D eigenvalue weighted by atomic mass is 10.1. The lowest BCUT2D eigenvalue weighted by Crippen LogP contribution is -2.29. The number of anilines is 1. The Morgan fingerprint density at radius 3 is 2.62 bits per heavy atom. The number of nitrogens with one attached hydrogen (secondary N) is 2. The number of fused-ring (bicyclic) bond motifs is 2. The average Bonchev–Trinajstić information content (AvgIpc) is 2.76. The molecule has 0 saturated heterocycles. The van der Waals surface area contributed by atoms with Crippen molar-refractivity contribution in [2.45, 2.75) is 39.7 Å². The van der Waals surface area contributed by atoms with Crippen LogP contribution in [0.4, 0.5) is 5.69 Å². The van der Waals surface area contributed by atoms with Crippen molar-refractivity contribution in [2.24, 2.45) is 0 Å². The molecule has 2 aliphatic rings. The van der Waals surface area contributed by atoms with Crippen molar-refractivity contribution in [3.05, 3.63) is 73.4 Å². The zero-order valence-electron chi connectivity index (χ0n) is 17.7. The summed E-state index contributed by atoms with van der Waals surface area (Å²) in [7, 11) is 0. The molecular weight excluding hydrogens is 430 g/mol. The Morgan fingerprint density at radius 1 is 1.16 bits per heavy atom. The molecule has 0 bridgehead atoms. The molecule has 2 aromatic rings. The first-order chi connectivity index (χ1) is 15.4. The summed E-state index contributed by atoms with van der Waals surface area (Å²) in [5, 5.41) is 3.57. The van der Waals surface area contributed by atoms with Gasteiger partial charge in [0, 0.05) is 23.7 Å². The minimum atomic E-state index is -0.721. The van der Waals surface area contributed by atoms with E-state index >= 15 is 0 Å². The van der Waals surface area contributed by atoms with Crippen LogP contribution in [0.25, 0.3) is 22.6 Å². The van der Waals surface area contributed by atoms with E-state index in [4.69, 9.17) is 11.6 Å². The van der Waals surface area contributed by atoms with Gasteiger partial charge in [-0.25, -0.2) is 9.78 Å². The van der Waals surface area contributed by atoms with Gasteiger partial charge >= 0.3 is 5.69 Å². The number of amides is 1. The number of H-pyrrole nitrogens is 1. The van der Waals surface area contributed by atoms with E-state index in [2.05, 4.69) is 20.3 Å². The molecule has 0 unspecified atom stereocenters. The van der Waals surface area contributed by atoms with E-state index in [1.54, 1.807) is 6.92 Å². The van der Waals surface area contributed by atoms with Gasteiger partial charge in [0.25, 0.3) is 5.56 Å². The largest absolute Gasteiger partial charge is 0.349 e. The Morgan fingerprint density at radius 2 is 1.91 bits per heavy atom. The number of carbonyl (C=O) groups is 1. The van der Waals surface area contributed by atoms with E-state index in [0.717, 1.165) is 24.0 Å². The maximum absolute atomic E-state index is 12.4. The number of nitrogens with zero attached hydrogens (tertiary/aromatic N) is 3. The van der Waals surface area contributed by atoms with E-state index in [-0.39, 0.29) is 17.4 Å². The van der Waals surface area contributed by atoms with Gasteiger partial charge in [-0.3, -0.25) is 14.6 Å². The molecule has 0 fully saturated rings. The maximum Gasteiger partial charge on any atom is 0.349 e. The first-order valence-electron chi connectivity index (χ1n) is 10.3. The second-order valence-electron chi connectivity index (χ2n) is 7.59. The van der Waals surface area contributed by atoms with Crippen LogP contribution >= 0.6 is 11.6 Å². The molecule has 0 radical (unpaired) electrons. The summed E-state index contributed by atoms with van der Waals surface area (Å²) in [6.07, 6.45) is 1.85. The molecule has 0 aliphatic carbocycles. The molecule has 164 valence electrons. The molecule has 0 aromatic heterocycles. The zero-order valence-corrected chi connectivity index (χ0v) is 18.5. The summed E-state index contributed by atoms with van der Waals surface area (Å²) >= 11 is 5.96. The highest BCUT2D eigenvalue weighted by Crippen LogP contribution is 2.27. The normalized spacial score (nSPS) is 11.2. The van der Waals surface area contributed by atoms with Crippen LogP contribution in [0.15, 0.2) is 46.0 Å². The Bertz CT molecular complexity index is 1390. The van der Waals surface area contributed by atoms with E-state index in [0.29, 0.717) is 34.7 Å². The molecule has 2 aliphatic heterocycles. The van der Waals surface area contributed by atoms with Gasteiger partial charge in [-0.1, -0.05) is 30.7 Å². The van der Waals surface area contributed by atoms with Crippen LogP contribution in [0.5, 0.6) is 0 Å². The maximum atomic E-state index is 12.4. The van der Waals surface area contributed by atoms with Crippen LogP contribution in [-0.4, -0.2) is 25.4 Å². The summed E-state index contributed by atoms with van der Waals surface area (Å²) in [5.74, 6) is 0.117. The summed E-state index contributed by atoms with van der Waals surface area (Å²) in [6, 6.07) is 11.3. The van der Waals surface area contributed by atoms with Crippen LogP contribution in [0.2, 0.25) is 5.02 Å².